The molecule has 0 fully saturated rings. The lowest BCUT2D eigenvalue weighted by molar-refractivity contribution is 0.669. The number of hydrogen-bond acceptors (Lipinski definition) is 5. The summed E-state index contributed by atoms with van der Waals surface area (Å²) in [5.74, 6) is 1.83. The van der Waals surface area contributed by atoms with Gasteiger partial charge in [0.15, 0.2) is 17.5 Å². The SMILES string of the molecule is c1ccc(-c2cccc(-c3nc(-c4ccccc4)nc(-c4ccc5c(c4)oc4cc(-c6ccc(-c7ccccc7)c7c6sc6ccccc67)ccc45)n3)c2)cc1. The second kappa shape index (κ2) is 13.3. The van der Waals surface area contributed by atoms with Crippen LogP contribution in [0, 0.1) is 0 Å². The molecule has 3 heterocycles. The summed E-state index contributed by atoms with van der Waals surface area (Å²) in [5, 5.41) is 4.70. The highest BCUT2D eigenvalue weighted by molar-refractivity contribution is 7.26. The minimum absolute atomic E-state index is 0.590. The second-order valence-electron chi connectivity index (χ2n) is 14.0. The summed E-state index contributed by atoms with van der Waals surface area (Å²) in [7, 11) is 0. The Kier molecular flexibility index (Phi) is 7.64. The molecule has 0 aliphatic rings. The van der Waals surface area contributed by atoms with Crippen molar-refractivity contribution in [1.82, 2.24) is 15.0 Å². The van der Waals surface area contributed by atoms with Gasteiger partial charge in [0.1, 0.15) is 11.2 Å². The summed E-state index contributed by atoms with van der Waals surface area (Å²) in [6.45, 7) is 0. The van der Waals surface area contributed by atoms with E-state index in [1.54, 1.807) is 0 Å². The van der Waals surface area contributed by atoms with Crippen molar-refractivity contribution < 1.29 is 4.42 Å². The maximum Gasteiger partial charge on any atom is 0.164 e. The Morgan fingerprint density at radius 3 is 1.57 bits per heavy atom. The van der Waals surface area contributed by atoms with Gasteiger partial charge in [0.25, 0.3) is 0 Å². The van der Waals surface area contributed by atoms with Gasteiger partial charge in [0.05, 0.1) is 0 Å². The summed E-state index contributed by atoms with van der Waals surface area (Å²) >= 11 is 1.85. The van der Waals surface area contributed by atoms with Crippen LogP contribution in [-0.2, 0) is 0 Å². The van der Waals surface area contributed by atoms with E-state index in [9.17, 15) is 0 Å². The molecule has 262 valence electrons. The minimum atomic E-state index is 0.590. The summed E-state index contributed by atoms with van der Waals surface area (Å²) in [6.07, 6.45) is 0. The van der Waals surface area contributed by atoms with Crippen molar-refractivity contribution in [2.24, 2.45) is 0 Å². The van der Waals surface area contributed by atoms with Gasteiger partial charge in [0, 0.05) is 47.6 Å². The molecule has 0 saturated heterocycles. The van der Waals surface area contributed by atoms with Gasteiger partial charge in [-0.15, -0.1) is 11.3 Å². The van der Waals surface area contributed by atoms with E-state index in [4.69, 9.17) is 19.4 Å². The van der Waals surface area contributed by atoms with E-state index in [1.807, 2.05) is 47.7 Å². The molecule has 0 radical (unpaired) electrons. The van der Waals surface area contributed by atoms with Crippen molar-refractivity contribution in [3.8, 4) is 67.5 Å². The first-order valence-electron chi connectivity index (χ1n) is 18.7. The average molecular weight is 734 g/mol. The van der Waals surface area contributed by atoms with Crippen molar-refractivity contribution in [3.63, 3.8) is 0 Å². The Hall–Kier alpha value is -7.21. The van der Waals surface area contributed by atoms with Crippen LogP contribution in [0.3, 0.4) is 0 Å². The highest BCUT2D eigenvalue weighted by Gasteiger charge is 2.18. The third-order valence-corrected chi connectivity index (χ3v) is 11.8. The van der Waals surface area contributed by atoms with Crippen molar-refractivity contribution in [2.75, 3.05) is 0 Å². The molecule has 5 heteroatoms. The Balaban J connectivity index is 1.02. The Labute approximate surface area is 327 Å². The van der Waals surface area contributed by atoms with Crippen molar-refractivity contribution in [1.29, 1.82) is 0 Å². The van der Waals surface area contributed by atoms with E-state index < -0.39 is 0 Å². The van der Waals surface area contributed by atoms with Crippen LogP contribution in [-0.4, -0.2) is 15.0 Å². The fourth-order valence-corrected chi connectivity index (χ4v) is 9.08. The Morgan fingerprint density at radius 1 is 0.339 bits per heavy atom. The topological polar surface area (TPSA) is 51.8 Å². The molecule has 4 nitrogen and oxygen atoms in total. The zero-order chi connectivity index (χ0) is 37.0. The number of nitrogens with zero attached hydrogens (tertiary/aromatic N) is 3. The standard InChI is InChI=1S/C51H31N3OS/c1-4-13-32(14-5-1)35-19-12-20-37(29-35)50-52-49(34-17-8-3-9-18-34)53-51(54-50)38-24-26-42-41-25-23-36(30-44(41)55-45(42)31-38)40-28-27-39(33-15-6-2-7-16-33)47-43-21-10-11-22-46(43)56-48(40)47/h1-31H. The average Bonchev–Trinajstić information content (AvgIpc) is 3.85. The zero-order valence-electron chi connectivity index (χ0n) is 30.1. The highest BCUT2D eigenvalue weighted by atomic mass is 32.1. The highest BCUT2D eigenvalue weighted by Crippen LogP contribution is 2.45. The molecule has 3 aromatic heterocycles. The minimum Gasteiger partial charge on any atom is -0.456 e. The largest absolute Gasteiger partial charge is 0.456 e. The third kappa shape index (κ3) is 5.56. The quantitative estimate of drug-likeness (QED) is 0.171. The molecular formula is C51H31N3OS. The predicted molar refractivity (Wildman–Crippen MR) is 233 cm³/mol. The van der Waals surface area contributed by atoms with Gasteiger partial charge in [0.2, 0.25) is 0 Å². The molecule has 0 saturated carbocycles. The molecule has 0 aliphatic carbocycles. The first-order chi connectivity index (χ1) is 27.7. The van der Waals surface area contributed by atoms with Crippen LogP contribution in [0.4, 0.5) is 0 Å². The molecule has 11 rings (SSSR count). The molecule has 11 aromatic rings. The van der Waals surface area contributed by atoms with Crippen LogP contribution in [0.2, 0.25) is 0 Å². The van der Waals surface area contributed by atoms with Crippen LogP contribution in [0.5, 0.6) is 0 Å². The maximum atomic E-state index is 6.67. The number of fused-ring (bicyclic) bond motifs is 6. The van der Waals surface area contributed by atoms with Crippen molar-refractivity contribution in [2.45, 2.75) is 0 Å². The van der Waals surface area contributed by atoms with Crippen LogP contribution in [0.1, 0.15) is 0 Å². The summed E-state index contributed by atoms with van der Waals surface area (Å²) in [4.78, 5) is 15.1. The smallest absolute Gasteiger partial charge is 0.164 e. The van der Waals surface area contributed by atoms with Gasteiger partial charge in [-0.2, -0.15) is 0 Å². The lowest BCUT2D eigenvalue weighted by Gasteiger charge is -2.10. The molecule has 0 aliphatic heterocycles. The van der Waals surface area contributed by atoms with E-state index in [-0.39, 0.29) is 0 Å². The van der Waals surface area contributed by atoms with Gasteiger partial charge in [-0.3, -0.25) is 0 Å². The second-order valence-corrected chi connectivity index (χ2v) is 15.0. The fourth-order valence-electron chi connectivity index (χ4n) is 7.82. The number of aromatic nitrogens is 3. The number of hydrogen-bond donors (Lipinski definition) is 0. The lowest BCUT2D eigenvalue weighted by Crippen LogP contribution is -2.00. The van der Waals surface area contributed by atoms with Gasteiger partial charge in [-0.25, -0.2) is 15.0 Å². The summed E-state index contributed by atoms with van der Waals surface area (Å²) < 4.78 is 9.23. The van der Waals surface area contributed by atoms with E-state index in [0.717, 1.165) is 55.3 Å². The maximum absolute atomic E-state index is 6.67. The van der Waals surface area contributed by atoms with Gasteiger partial charge in [-0.1, -0.05) is 152 Å². The van der Waals surface area contributed by atoms with E-state index in [2.05, 4.69) is 152 Å². The molecule has 0 unspecified atom stereocenters. The number of benzene rings is 8. The lowest BCUT2D eigenvalue weighted by atomic mass is 9.94. The predicted octanol–water partition coefficient (Wildman–Crippen LogP) is 14.1. The first kappa shape index (κ1) is 32.2. The third-order valence-electron chi connectivity index (χ3n) is 10.5. The normalized spacial score (nSPS) is 11.6. The van der Waals surface area contributed by atoms with Crippen molar-refractivity contribution in [3.05, 3.63) is 188 Å². The van der Waals surface area contributed by atoms with E-state index in [1.165, 1.54) is 36.9 Å². The van der Waals surface area contributed by atoms with Gasteiger partial charge in [-0.05, 0) is 69.8 Å². The Morgan fingerprint density at radius 2 is 0.857 bits per heavy atom. The molecule has 0 N–H and O–H groups in total. The Bertz CT molecular complexity index is 3240. The van der Waals surface area contributed by atoms with Crippen LogP contribution >= 0.6 is 11.3 Å². The molecule has 0 amide bonds. The molecule has 0 atom stereocenters. The van der Waals surface area contributed by atoms with Crippen LogP contribution < -0.4 is 0 Å². The van der Waals surface area contributed by atoms with Gasteiger partial charge < -0.3 is 4.42 Å². The van der Waals surface area contributed by atoms with Gasteiger partial charge >= 0.3 is 0 Å². The molecule has 0 spiro atoms. The zero-order valence-corrected chi connectivity index (χ0v) is 30.9. The molecule has 0 bridgehead atoms. The number of rotatable bonds is 6. The monoisotopic (exact) mass is 733 g/mol. The number of thiophene rings is 1. The summed E-state index contributed by atoms with van der Waals surface area (Å²) in [6, 6.07) is 65.6. The van der Waals surface area contributed by atoms with E-state index in [0.29, 0.717) is 17.5 Å². The van der Waals surface area contributed by atoms with Crippen LogP contribution in [0.15, 0.2) is 192 Å². The molecule has 56 heavy (non-hydrogen) atoms. The fraction of sp³-hybridized carbons (Fsp3) is 0. The number of furan rings is 1. The molecular weight excluding hydrogens is 703 g/mol. The van der Waals surface area contributed by atoms with Crippen molar-refractivity contribution >= 4 is 53.4 Å². The van der Waals surface area contributed by atoms with E-state index >= 15 is 0 Å². The summed E-state index contributed by atoms with van der Waals surface area (Å²) in [5.41, 5.74) is 11.4. The first-order valence-corrected chi connectivity index (χ1v) is 19.5. The van der Waals surface area contributed by atoms with Crippen LogP contribution in [0.25, 0.3) is 110 Å². The molecule has 8 aromatic carbocycles.